The maximum Gasteiger partial charge on any atom is 0.0651 e. The third kappa shape index (κ3) is 1.90. The first-order valence-corrected chi connectivity index (χ1v) is 5.42. The number of halogens is 1. The van der Waals surface area contributed by atoms with E-state index in [2.05, 4.69) is 24.2 Å². The van der Waals surface area contributed by atoms with Gasteiger partial charge < -0.3 is 0 Å². The minimum atomic E-state index is 0.512. The molecule has 1 aromatic carbocycles. The molecule has 78 valence electrons. The fraction of sp³-hybridized carbons (Fsp3) is 0.250. The molecule has 15 heavy (non-hydrogen) atoms. The second kappa shape index (κ2) is 4.07. The average molecular weight is 221 g/mol. The second-order valence-corrected chi connectivity index (χ2v) is 3.91. The Morgan fingerprint density at radius 2 is 2.13 bits per heavy atom. The maximum atomic E-state index is 5.81. The van der Waals surface area contributed by atoms with Gasteiger partial charge in [0.25, 0.3) is 0 Å². The van der Waals surface area contributed by atoms with Gasteiger partial charge in [0.1, 0.15) is 0 Å². The van der Waals surface area contributed by atoms with Gasteiger partial charge in [0.05, 0.1) is 17.8 Å². The van der Waals surface area contributed by atoms with Crippen molar-refractivity contribution in [1.82, 2.24) is 9.78 Å². The molecule has 2 rings (SSSR count). The summed E-state index contributed by atoms with van der Waals surface area (Å²) in [4.78, 5) is 0. The molecule has 0 saturated carbocycles. The number of benzene rings is 1. The van der Waals surface area contributed by atoms with E-state index in [-0.39, 0.29) is 0 Å². The number of alkyl halides is 1. The molecule has 0 bridgehead atoms. The third-order valence-electron chi connectivity index (χ3n) is 2.50. The molecule has 2 nitrogen and oxygen atoms in total. The first-order valence-electron chi connectivity index (χ1n) is 4.89. The van der Waals surface area contributed by atoms with Crippen LogP contribution in [0.2, 0.25) is 0 Å². The minimum absolute atomic E-state index is 0.512. The van der Waals surface area contributed by atoms with Crippen LogP contribution in [0.3, 0.4) is 0 Å². The molecule has 0 fully saturated rings. The van der Waals surface area contributed by atoms with Crippen LogP contribution >= 0.6 is 11.6 Å². The van der Waals surface area contributed by atoms with Crippen LogP contribution in [0.25, 0.3) is 5.69 Å². The summed E-state index contributed by atoms with van der Waals surface area (Å²) in [6.07, 6.45) is 1.82. The molecule has 3 heteroatoms. The lowest BCUT2D eigenvalue weighted by Gasteiger charge is -2.05. The summed E-state index contributed by atoms with van der Waals surface area (Å²) in [6, 6.07) is 8.26. The molecule has 0 spiro atoms. The Kier molecular flexibility index (Phi) is 2.78. The summed E-state index contributed by atoms with van der Waals surface area (Å²) in [5.74, 6) is 0.512. The van der Waals surface area contributed by atoms with Crippen molar-refractivity contribution in [3.63, 3.8) is 0 Å². The number of rotatable bonds is 2. The molecular weight excluding hydrogens is 208 g/mol. The Morgan fingerprint density at radius 3 is 2.73 bits per heavy atom. The highest BCUT2D eigenvalue weighted by Gasteiger charge is 2.06. The van der Waals surface area contributed by atoms with Gasteiger partial charge >= 0.3 is 0 Å². The molecule has 0 unspecified atom stereocenters. The Balaban J connectivity index is 2.49. The van der Waals surface area contributed by atoms with Crippen LogP contribution in [0, 0.1) is 13.8 Å². The van der Waals surface area contributed by atoms with Crippen LogP contribution in [-0.2, 0) is 5.88 Å². The average Bonchev–Trinajstić information content (AvgIpc) is 2.59. The zero-order valence-corrected chi connectivity index (χ0v) is 9.62. The Labute approximate surface area is 94.5 Å². The molecule has 1 aromatic heterocycles. The highest BCUT2D eigenvalue weighted by Crippen LogP contribution is 2.16. The number of aromatic nitrogens is 2. The Hall–Kier alpha value is -1.28. The van der Waals surface area contributed by atoms with Crippen molar-refractivity contribution in [1.29, 1.82) is 0 Å². The monoisotopic (exact) mass is 220 g/mol. The van der Waals surface area contributed by atoms with Gasteiger partial charge in [-0.1, -0.05) is 12.1 Å². The molecule has 0 aliphatic heterocycles. The van der Waals surface area contributed by atoms with Crippen LogP contribution in [0.5, 0.6) is 0 Å². The van der Waals surface area contributed by atoms with Crippen LogP contribution in [0.1, 0.15) is 16.8 Å². The lowest BCUT2D eigenvalue weighted by atomic mass is 10.2. The van der Waals surface area contributed by atoms with E-state index in [4.69, 9.17) is 11.6 Å². The van der Waals surface area contributed by atoms with Gasteiger partial charge in [-0.15, -0.1) is 11.6 Å². The van der Waals surface area contributed by atoms with E-state index in [1.54, 1.807) is 0 Å². The van der Waals surface area contributed by atoms with Gasteiger partial charge in [0.15, 0.2) is 0 Å². The normalized spacial score (nSPS) is 10.6. The van der Waals surface area contributed by atoms with Gasteiger partial charge in [-0.05, 0) is 31.5 Å². The van der Waals surface area contributed by atoms with Crippen molar-refractivity contribution >= 4 is 11.6 Å². The molecule has 0 saturated heterocycles. The van der Waals surface area contributed by atoms with Gasteiger partial charge in [-0.25, -0.2) is 4.68 Å². The quantitative estimate of drug-likeness (QED) is 0.711. The lowest BCUT2D eigenvalue weighted by molar-refractivity contribution is 0.844. The predicted molar refractivity (Wildman–Crippen MR) is 62.6 cm³/mol. The van der Waals surface area contributed by atoms with Gasteiger partial charge in [0.2, 0.25) is 0 Å². The zero-order chi connectivity index (χ0) is 10.8. The van der Waals surface area contributed by atoms with Gasteiger partial charge in [-0.3, -0.25) is 0 Å². The molecule has 1 heterocycles. The second-order valence-electron chi connectivity index (χ2n) is 3.64. The fourth-order valence-electron chi connectivity index (χ4n) is 1.59. The van der Waals surface area contributed by atoms with Gasteiger partial charge in [-0.2, -0.15) is 5.10 Å². The maximum absolute atomic E-state index is 5.81. The lowest BCUT2D eigenvalue weighted by Crippen LogP contribution is -1.99. The topological polar surface area (TPSA) is 17.8 Å². The summed E-state index contributed by atoms with van der Waals surface area (Å²) in [5.41, 5.74) is 4.51. The standard InChI is InChI=1S/C12H13ClN2/c1-9-4-3-5-12(6-9)15-10(2)11(7-13)8-14-15/h3-6,8H,7H2,1-2H3. The summed E-state index contributed by atoms with van der Waals surface area (Å²) in [5, 5.41) is 4.33. The largest absolute Gasteiger partial charge is 0.238 e. The van der Waals surface area contributed by atoms with E-state index in [1.807, 2.05) is 29.9 Å². The van der Waals surface area contributed by atoms with E-state index in [1.165, 1.54) is 5.56 Å². The van der Waals surface area contributed by atoms with E-state index >= 15 is 0 Å². The molecule has 0 aliphatic carbocycles. The van der Waals surface area contributed by atoms with E-state index in [0.717, 1.165) is 16.9 Å². The van der Waals surface area contributed by atoms with Crippen LogP contribution < -0.4 is 0 Å². The molecular formula is C12H13ClN2. The zero-order valence-electron chi connectivity index (χ0n) is 8.87. The molecule has 0 atom stereocenters. The van der Waals surface area contributed by atoms with Crippen LogP contribution in [0.4, 0.5) is 0 Å². The number of hydrogen-bond donors (Lipinski definition) is 0. The van der Waals surface area contributed by atoms with Gasteiger partial charge in [0, 0.05) is 11.3 Å². The summed E-state index contributed by atoms with van der Waals surface area (Å²) in [6.45, 7) is 4.11. The minimum Gasteiger partial charge on any atom is -0.238 e. The summed E-state index contributed by atoms with van der Waals surface area (Å²) in [7, 11) is 0. The Bertz CT molecular complexity index is 474. The van der Waals surface area contributed by atoms with Crippen molar-refractivity contribution in [2.45, 2.75) is 19.7 Å². The van der Waals surface area contributed by atoms with Crippen molar-refractivity contribution in [3.05, 3.63) is 47.3 Å². The van der Waals surface area contributed by atoms with Crippen LogP contribution in [-0.4, -0.2) is 9.78 Å². The molecule has 0 aliphatic rings. The Morgan fingerprint density at radius 1 is 1.33 bits per heavy atom. The molecule has 0 radical (unpaired) electrons. The van der Waals surface area contributed by atoms with Crippen molar-refractivity contribution in [2.24, 2.45) is 0 Å². The number of nitrogens with zero attached hydrogens (tertiary/aromatic N) is 2. The first-order chi connectivity index (χ1) is 7.22. The SMILES string of the molecule is Cc1cccc(-n2ncc(CCl)c2C)c1. The fourth-order valence-corrected chi connectivity index (χ4v) is 1.86. The van der Waals surface area contributed by atoms with E-state index < -0.39 is 0 Å². The third-order valence-corrected chi connectivity index (χ3v) is 2.79. The van der Waals surface area contributed by atoms with E-state index in [9.17, 15) is 0 Å². The number of aryl methyl sites for hydroxylation is 1. The highest BCUT2D eigenvalue weighted by molar-refractivity contribution is 6.17. The molecule has 0 N–H and O–H groups in total. The van der Waals surface area contributed by atoms with E-state index in [0.29, 0.717) is 5.88 Å². The van der Waals surface area contributed by atoms with Crippen LogP contribution in [0.15, 0.2) is 30.5 Å². The van der Waals surface area contributed by atoms with Crippen molar-refractivity contribution in [2.75, 3.05) is 0 Å². The first kappa shape index (κ1) is 10.2. The van der Waals surface area contributed by atoms with Crippen molar-refractivity contribution in [3.8, 4) is 5.69 Å². The predicted octanol–water partition coefficient (Wildman–Crippen LogP) is 3.23. The highest BCUT2D eigenvalue weighted by atomic mass is 35.5. The summed E-state index contributed by atoms with van der Waals surface area (Å²) >= 11 is 5.81. The molecule has 0 amide bonds. The smallest absolute Gasteiger partial charge is 0.0651 e. The number of hydrogen-bond acceptors (Lipinski definition) is 1. The van der Waals surface area contributed by atoms with Crippen molar-refractivity contribution < 1.29 is 0 Å². The molecule has 2 aromatic rings. The summed E-state index contributed by atoms with van der Waals surface area (Å²) < 4.78 is 1.92.